The lowest BCUT2D eigenvalue weighted by Crippen LogP contribution is -2.44. The van der Waals surface area contributed by atoms with Crippen molar-refractivity contribution in [2.24, 2.45) is 23.7 Å². The molecule has 5 rings (SSSR count). The molecule has 3 heterocycles. The predicted molar refractivity (Wildman–Crippen MR) is 121 cm³/mol. The Morgan fingerprint density at radius 2 is 1.44 bits per heavy atom. The molecule has 2 saturated heterocycles. The molecule has 0 spiro atoms. The largest absolute Gasteiger partial charge is 0.467 e. The molecule has 8 nitrogen and oxygen atoms in total. The number of hydrogen-bond acceptors (Lipinski definition) is 6. The number of carbonyl (C=O) groups excluding carboxylic acids is 2. The van der Waals surface area contributed by atoms with Gasteiger partial charge in [-0.15, -0.1) is 0 Å². The number of rotatable bonds is 5. The van der Waals surface area contributed by atoms with Crippen LogP contribution < -0.4 is 4.74 Å². The van der Waals surface area contributed by atoms with E-state index in [9.17, 15) is 31.2 Å². The van der Waals surface area contributed by atoms with E-state index in [1.807, 2.05) is 23.1 Å². The summed E-state index contributed by atoms with van der Waals surface area (Å²) in [4.78, 5) is 32.6. The second-order valence-corrected chi connectivity index (χ2v) is 11.6. The molecule has 192 valence electrons. The Kier molecular flexibility index (Phi) is 5.97. The van der Waals surface area contributed by atoms with Crippen molar-refractivity contribution in [1.29, 1.82) is 0 Å². The maximum Gasteiger partial charge on any atom is 0.422 e. The zero-order valence-corrected chi connectivity index (χ0v) is 20.1. The molecule has 3 aliphatic rings. The third-order valence-electron chi connectivity index (χ3n) is 7.36. The number of ether oxygens (including phenoxy) is 1. The first kappa shape index (κ1) is 24.5. The van der Waals surface area contributed by atoms with Gasteiger partial charge in [-0.1, -0.05) is 18.2 Å². The van der Waals surface area contributed by atoms with Crippen LogP contribution in [0.2, 0.25) is 0 Å². The maximum atomic E-state index is 13.2. The molecule has 3 fully saturated rings. The normalized spacial score (nSPS) is 25.2. The Bertz CT molecular complexity index is 1280. The summed E-state index contributed by atoms with van der Waals surface area (Å²) >= 11 is 0. The van der Waals surface area contributed by atoms with Crippen molar-refractivity contribution in [3.05, 3.63) is 53.7 Å². The first-order chi connectivity index (χ1) is 16.9. The van der Waals surface area contributed by atoms with Gasteiger partial charge in [0.15, 0.2) is 16.4 Å². The Labute approximate surface area is 206 Å². The molecule has 0 unspecified atom stereocenters. The van der Waals surface area contributed by atoms with Gasteiger partial charge in [0, 0.05) is 44.2 Å². The van der Waals surface area contributed by atoms with Crippen LogP contribution in [0.1, 0.15) is 20.7 Å². The number of likely N-dealkylation sites (tertiary alicyclic amines) is 2. The molecule has 1 aromatic carbocycles. The van der Waals surface area contributed by atoms with Gasteiger partial charge >= 0.3 is 6.18 Å². The second-order valence-electron chi connectivity index (χ2n) is 9.65. The summed E-state index contributed by atoms with van der Waals surface area (Å²) in [6.07, 6.45) is -2.80. The summed E-state index contributed by atoms with van der Waals surface area (Å²) < 4.78 is 66.5. The molecule has 0 N–H and O–H groups in total. The van der Waals surface area contributed by atoms with Crippen LogP contribution in [-0.2, 0) is 9.84 Å². The lowest BCUT2D eigenvalue weighted by molar-refractivity contribution is -0.154. The van der Waals surface area contributed by atoms with Gasteiger partial charge in [0.25, 0.3) is 11.8 Å². The van der Waals surface area contributed by atoms with Gasteiger partial charge in [-0.05, 0) is 41.9 Å². The average Bonchev–Trinajstić information content (AvgIpc) is 3.40. The number of halogens is 3. The zero-order chi connectivity index (χ0) is 25.8. The molecule has 1 aromatic heterocycles. The molecule has 2 aromatic rings. The van der Waals surface area contributed by atoms with E-state index in [0.717, 1.165) is 18.5 Å². The molecule has 12 heteroatoms. The van der Waals surface area contributed by atoms with E-state index in [2.05, 4.69) is 9.72 Å². The summed E-state index contributed by atoms with van der Waals surface area (Å²) in [6.45, 7) is 0.508. The monoisotopic (exact) mass is 523 g/mol. The van der Waals surface area contributed by atoms with E-state index in [1.165, 1.54) is 0 Å². The molecule has 36 heavy (non-hydrogen) atoms. The van der Waals surface area contributed by atoms with Crippen LogP contribution >= 0.6 is 0 Å². The van der Waals surface area contributed by atoms with E-state index in [4.69, 9.17) is 0 Å². The Morgan fingerprint density at radius 3 is 1.92 bits per heavy atom. The average molecular weight is 524 g/mol. The quantitative estimate of drug-likeness (QED) is 0.598. The summed E-state index contributed by atoms with van der Waals surface area (Å²) in [5.41, 5.74) is 0.625. The summed E-state index contributed by atoms with van der Waals surface area (Å²) in [5.74, 6) is -0.0478. The molecule has 2 aliphatic heterocycles. The second kappa shape index (κ2) is 8.75. The number of pyridine rings is 1. The van der Waals surface area contributed by atoms with Crippen molar-refractivity contribution in [2.45, 2.75) is 11.1 Å². The summed E-state index contributed by atoms with van der Waals surface area (Å²) in [5, 5.41) is 0. The fourth-order valence-electron chi connectivity index (χ4n) is 5.73. The number of alkyl halides is 3. The van der Waals surface area contributed by atoms with E-state index < -0.39 is 39.3 Å². The minimum absolute atomic E-state index is 0.00298. The highest BCUT2D eigenvalue weighted by molar-refractivity contribution is 7.90. The highest BCUT2D eigenvalue weighted by Gasteiger charge is 2.59. The molecular weight excluding hydrogens is 499 g/mol. The van der Waals surface area contributed by atoms with Crippen LogP contribution in [0.3, 0.4) is 0 Å². The highest BCUT2D eigenvalue weighted by Crippen LogP contribution is 2.54. The Hall–Kier alpha value is -3.15. The first-order valence-corrected chi connectivity index (χ1v) is 13.3. The minimum Gasteiger partial charge on any atom is -0.467 e. The summed E-state index contributed by atoms with van der Waals surface area (Å²) in [7, 11) is -4.00. The number of sulfone groups is 1. The number of nitrogens with zero attached hydrogens (tertiary/aromatic N) is 3. The van der Waals surface area contributed by atoms with Gasteiger partial charge < -0.3 is 14.5 Å². The number of amides is 2. The topological polar surface area (TPSA) is 96.9 Å². The van der Waals surface area contributed by atoms with Crippen LogP contribution in [0.4, 0.5) is 13.2 Å². The number of benzene rings is 1. The van der Waals surface area contributed by atoms with Gasteiger partial charge in [-0.2, -0.15) is 13.2 Å². The van der Waals surface area contributed by atoms with Crippen molar-refractivity contribution >= 4 is 21.7 Å². The van der Waals surface area contributed by atoms with Crippen LogP contribution in [-0.4, -0.2) is 80.2 Å². The van der Waals surface area contributed by atoms with Crippen LogP contribution in [0.15, 0.2) is 47.5 Å². The van der Waals surface area contributed by atoms with E-state index in [-0.39, 0.29) is 23.3 Å². The predicted octanol–water partition coefficient (Wildman–Crippen LogP) is 2.52. The third kappa shape index (κ3) is 4.54. The van der Waals surface area contributed by atoms with Gasteiger partial charge in [0.1, 0.15) is 4.90 Å². The zero-order valence-electron chi connectivity index (χ0n) is 19.3. The third-order valence-corrected chi connectivity index (χ3v) is 8.45. The van der Waals surface area contributed by atoms with Gasteiger partial charge in [0.2, 0.25) is 5.88 Å². The van der Waals surface area contributed by atoms with E-state index >= 15 is 0 Å². The van der Waals surface area contributed by atoms with Crippen molar-refractivity contribution < 1.29 is 35.9 Å². The minimum atomic E-state index is -4.67. The first-order valence-electron chi connectivity index (χ1n) is 11.5. The van der Waals surface area contributed by atoms with Crippen molar-refractivity contribution in [1.82, 2.24) is 14.8 Å². The van der Waals surface area contributed by atoms with Gasteiger partial charge in [0.05, 0.1) is 5.56 Å². The standard InChI is InChI=1S/C24H24F3N3O5S/c1-36(33,34)20-7-15(8-28-21(20)35-13-24(25,26)27)23(32)30-11-18-16-9-29(10-17(16)19(18)12-30)22(31)14-5-3-2-4-6-14/h2-8,16-19H,9-13H2,1H3/t16-,17+,18+,19-. The van der Waals surface area contributed by atoms with E-state index in [0.29, 0.717) is 43.6 Å². The van der Waals surface area contributed by atoms with Crippen LogP contribution in [0.5, 0.6) is 5.88 Å². The molecule has 2 amide bonds. The molecule has 4 atom stereocenters. The Balaban J connectivity index is 1.26. The fraction of sp³-hybridized carbons (Fsp3) is 0.458. The number of fused-ring (bicyclic) bond motifs is 4. The highest BCUT2D eigenvalue weighted by atomic mass is 32.2. The van der Waals surface area contributed by atoms with Crippen LogP contribution in [0, 0.1) is 23.7 Å². The lowest BCUT2D eigenvalue weighted by Gasteiger charge is -2.42. The van der Waals surface area contributed by atoms with Crippen molar-refractivity contribution in [2.75, 3.05) is 39.0 Å². The SMILES string of the molecule is CS(=O)(=O)c1cc(C(=O)N2C[C@@H]3[C@H]4CN(C(=O)c5ccccc5)C[C@H]4[C@@H]3C2)cnc1OCC(F)(F)F. The molecule has 0 radical (unpaired) electrons. The summed E-state index contributed by atoms with van der Waals surface area (Å²) in [6, 6.07) is 10.1. The lowest BCUT2D eigenvalue weighted by atomic mass is 9.60. The number of hydrogen-bond donors (Lipinski definition) is 0. The van der Waals surface area contributed by atoms with Crippen molar-refractivity contribution in [3.8, 4) is 5.88 Å². The van der Waals surface area contributed by atoms with Crippen molar-refractivity contribution in [3.63, 3.8) is 0 Å². The van der Waals surface area contributed by atoms with Crippen LogP contribution in [0.25, 0.3) is 0 Å². The molecule has 1 aliphatic carbocycles. The van der Waals surface area contributed by atoms with Gasteiger partial charge in [-0.25, -0.2) is 13.4 Å². The maximum absolute atomic E-state index is 13.2. The Morgan fingerprint density at radius 1 is 0.944 bits per heavy atom. The smallest absolute Gasteiger partial charge is 0.422 e. The molecule has 0 bridgehead atoms. The van der Waals surface area contributed by atoms with E-state index in [1.54, 1.807) is 17.0 Å². The fourth-order valence-corrected chi connectivity index (χ4v) is 6.50. The molecular formula is C24H24F3N3O5S. The number of carbonyl (C=O) groups is 2. The van der Waals surface area contributed by atoms with Gasteiger partial charge in [-0.3, -0.25) is 9.59 Å². The number of aromatic nitrogens is 1. The molecule has 1 saturated carbocycles.